The first-order valence-corrected chi connectivity index (χ1v) is 10.1. The number of rotatable bonds is 9. The molecule has 0 aliphatic heterocycles. The van der Waals surface area contributed by atoms with Crippen LogP contribution in [0.5, 0.6) is 5.88 Å². The van der Waals surface area contributed by atoms with Crippen molar-refractivity contribution in [3.05, 3.63) is 45.6 Å². The minimum Gasteiger partial charge on any atom is -0.477 e. The standard InChI is InChI=1S/C16H16ClN5O4S2/c17-11-3-2-10(27-11)8-26-13-12(15(23)24)14(28-21-13)20-16(25)19-4-1-6-22-7-5-18-9-22/h2-3,5,7,9H,1,4,6,8H2,(H,23,24)(H2,19,20,25). The molecule has 3 aromatic heterocycles. The van der Waals surface area contributed by atoms with Gasteiger partial charge in [-0.05, 0) is 30.1 Å². The number of ether oxygens (including phenoxy) is 1. The molecule has 0 atom stereocenters. The number of hydrogen-bond acceptors (Lipinski definition) is 7. The Hall–Kier alpha value is -2.63. The van der Waals surface area contributed by atoms with Gasteiger partial charge in [0.2, 0.25) is 5.88 Å². The van der Waals surface area contributed by atoms with Gasteiger partial charge in [-0.15, -0.1) is 11.3 Å². The fraction of sp³-hybridized carbons (Fsp3) is 0.250. The molecule has 0 aromatic carbocycles. The maximum Gasteiger partial charge on any atom is 0.344 e. The van der Waals surface area contributed by atoms with E-state index in [-0.39, 0.29) is 23.1 Å². The van der Waals surface area contributed by atoms with Crippen LogP contribution in [0.3, 0.4) is 0 Å². The molecule has 9 nitrogen and oxygen atoms in total. The first-order chi connectivity index (χ1) is 13.5. The van der Waals surface area contributed by atoms with Crippen LogP contribution < -0.4 is 15.4 Å². The summed E-state index contributed by atoms with van der Waals surface area (Å²) in [5.41, 5.74) is -0.179. The van der Waals surface area contributed by atoms with Crippen LogP contribution in [0.1, 0.15) is 21.7 Å². The first kappa shape index (κ1) is 20.1. The number of nitrogens with one attached hydrogen (secondary N) is 2. The van der Waals surface area contributed by atoms with Crippen LogP contribution in [-0.2, 0) is 13.2 Å². The molecule has 148 valence electrons. The number of imidazole rings is 1. The number of anilines is 1. The maximum atomic E-state index is 12.0. The number of amides is 2. The van der Waals surface area contributed by atoms with Gasteiger partial charge in [0.1, 0.15) is 11.6 Å². The third kappa shape index (κ3) is 5.44. The summed E-state index contributed by atoms with van der Waals surface area (Å²) in [5.74, 6) is -1.28. The monoisotopic (exact) mass is 441 g/mol. The van der Waals surface area contributed by atoms with Gasteiger partial charge in [0.25, 0.3) is 0 Å². The van der Waals surface area contributed by atoms with E-state index in [4.69, 9.17) is 16.3 Å². The Morgan fingerprint density at radius 1 is 1.36 bits per heavy atom. The zero-order valence-electron chi connectivity index (χ0n) is 14.4. The molecule has 0 spiro atoms. The van der Waals surface area contributed by atoms with Gasteiger partial charge in [-0.25, -0.2) is 14.6 Å². The zero-order chi connectivity index (χ0) is 19.9. The van der Waals surface area contributed by atoms with Crippen molar-refractivity contribution in [1.82, 2.24) is 19.2 Å². The van der Waals surface area contributed by atoms with E-state index >= 15 is 0 Å². The van der Waals surface area contributed by atoms with E-state index < -0.39 is 12.0 Å². The Bertz CT molecular complexity index is 941. The SMILES string of the molecule is O=C(NCCCn1ccnc1)Nc1snc(OCc2ccc(Cl)s2)c1C(=O)O. The summed E-state index contributed by atoms with van der Waals surface area (Å²) >= 11 is 8.04. The number of urea groups is 1. The predicted octanol–water partition coefficient (Wildman–Crippen LogP) is 3.54. The van der Waals surface area contributed by atoms with Gasteiger partial charge in [0, 0.05) is 30.4 Å². The van der Waals surface area contributed by atoms with Crippen molar-refractivity contribution in [2.45, 2.75) is 19.6 Å². The zero-order valence-corrected chi connectivity index (χ0v) is 16.8. The van der Waals surface area contributed by atoms with Gasteiger partial charge in [-0.2, -0.15) is 4.37 Å². The average Bonchev–Trinajstić information content (AvgIpc) is 3.38. The second kappa shape index (κ2) is 9.53. The number of carbonyl (C=O) groups is 2. The fourth-order valence-electron chi connectivity index (χ4n) is 2.25. The van der Waals surface area contributed by atoms with Gasteiger partial charge < -0.3 is 19.7 Å². The van der Waals surface area contributed by atoms with Crippen molar-refractivity contribution >= 4 is 51.5 Å². The molecule has 0 aliphatic rings. The summed E-state index contributed by atoms with van der Waals surface area (Å²) in [4.78, 5) is 28.4. The van der Waals surface area contributed by atoms with Crippen molar-refractivity contribution < 1.29 is 19.4 Å². The van der Waals surface area contributed by atoms with E-state index in [1.54, 1.807) is 24.7 Å². The quantitative estimate of drug-likeness (QED) is 0.437. The summed E-state index contributed by atoms with van der Waals surface area (Å²) in [6.45, 7) is 1.28. The molecule has 28 heavy (non-hydrogen) atoms. The Morgan fingerprint density at radius 2 is 2.21 bits per heavy atom. The summed E-state index contributed by atoms with van der Waals surface area (Å²) < 4.78 is 12.0. The highest BCUT2D eigenvalue weighted by Crippen LogP contribution is 2.32. The first-order valence-electron chi connectivity index (χ1n) is 8.13. The highest BCUT2D eigenvalue weighted by molar-refractivity contribution is 7.16. The van der Waals surface area contributed by atoms with E-state index in [0.717, 1.165) is 16.4 Å². The molecule has 0 saturated heterocycles. The minimum absolute atomic E-state index is 0.0440. The van der Waals surface area contributed by atoms with Crippen LogP contribution in [0.4, 0.5) is 9.80 Å². The van der Waals surface area contributed by atoms with Gasteiger partial charge >= 0.3 is 12.0 Å². The number of carboxylic acid groups (broad SMARTS) is 1. The molecule has 2 amide bonds. The molecule has 0 bridgehead atoms. The number of carbonyl (C=O) groups excluding carboxylic acids is 1. The second-order valence-corrected chi connectivity index (χ2v) is 8.10. The molecule has 3 heterocycles. The fourth-order valence-corrected chi connectivity index (χ4v) is 3.97. The summed E-state index contributed by atoms with van der Waals surface area (Å²) in [6, 6.07) is 3.01. The molecular formula is C16H16ClN5O4S2. The Labute approximate surface area is 173 Å². The molecule has 0 unspecified atom stereocenters. The van der Waals surface area contributed by atoms with Gasteiger partial charge in [-0.3, -0.25) is 5.32 Å². The number of aryl methyl sites for hydroxylation is 1. The van der Waals surface area contributed by atoms with Crippen molar-refractivity contribution in [2.75, 3.05) is 11.9 Å². The molecule has 3 rings (SSSR count). The number of carboxylic acids is 1. The Morgan fingerprint density at radius 3 is 2.89 bits per heavy atom. The van der Waals surface area contributed by atoms with Gasteiger partial charge in [-0.1, -0.05) is 11.6 Å². The largest absolute Gasteiger partial charge is 0.477 e. The van der Waals surface area contributed by atoms with Crippen LogP contribution in [-0.4, -0.2) is 37.6 Å². The van der Waals surface area contributed by atoms with Crippen LogP contribution in [0.2, 0.25) is 4.34 Å². The molecule has 0 saturated carbocycles. The lowest BCUT2D eigenvalue weighted by Gasteiger charge is -2.07. The van der Waals surface area contributed by atoms with Gasteiger partial charge in [0.05, 0.1) is 10.7 Å². The van der Waals surface area contributed by atoms with E-state index in [2.05, 4.69) is 20.0 Å². The lowest BCUT2D eigenvalue weighted by molar-refractivity contribution is 0.0693. The van der Waals surface area contributed by atoms with E-state index in [1.807, 2.05) is 10.8 Å². The van der Waals surface area contributed by atoms with E-state index in [1.165, 1.54) is 11.3 Å². The number of halogens is 1. The lowest BCUT2D eigenvalue weighted by atomic mass is 10.3. The smallest absolute Gasteiger partial charge is 0.344 e. The normalized spacial score (nSPS) is 10.6. The Balaban J connectivity index is 1.53. The summed E-state index contributed by atoms with van der Waals surface area (Å²) in [5, 5.41) is 14.8. The third-order valence-electron chi connectivity index (χ3n) is 3.52. The molecule has 0 fully saturated rings. The van der Waals surface area contributed by atoms with E-state index in [0.29, 0.717) is 23.8 Å². The lowest BCUT2D eigenvalue weighted by Crippen LogP contribution is -2.30. The van der Waals surface area contributed by atoms with E-state index in [9.17, 15) is 14.7 Å². The van der Waals surface area contributed by atoms with Crippen LogP contribution in [0.25, 0.3) is 0 Å². The minimum atomic E-state index is -1.23. The summed E-state index contributed by atoms with van der Waals surface area (Å²) in [7, 11) is 0. The second-order valence-electron chi connectivity index (χ2n) is 5.53. The molecule has 3 aromatic rings. The van der Waals surface area contributed by atoms with Crippen molar-refractivity contribution in [3.8, 4) is 5.88 Å². The third-order valence-corrected chi connectivity index (χ3v) is 5.47. The molecular weight excluding hydrogens is 426 g/mol. The molecule has 12 heteroatoms. The van der Waals surface area contributed by atoms with Crippen molar-refractivity contribution in [3.63, 3.8) is 0 Å². The molecule has 3 N–H and O–H groups in total. The van der Waals surface area contributed by atoms with Crippen molar-refractivity contribution in [1.29, 1.82) is 0 Å². The maximum absolute atomic E-state index is 12.0. The molecule has 0 radical (unpaired) electrons. The number of nitrogens with zero attached hydrogens (tertiary/aromatic N) is 3. The number of aromatic nitrogens is 3. The Kier molecular flexibility index (Phi) is 6.85. The number of hydrogen-bond donors (Lipinski definition) is 3. The van der Waals surface area contributed by atoms with Crippen molar-refractivity contribution in [2.24, 2.45) is 0 Å². The number of thiophene rings is 1. The average molecular weight is 442 g/mol. The van der Waals surface area contributed by atoms with Crippen LogP contribution in [0.15, 0.2) is 30.9 Å². The summed E-state index contributed by atoms with van der Waals surface area (Å²) in [6.07, 6.45) is 5.92. The van der Waals surface area contributed by atoms with Gasteiger partial charge in [0.15, 0.2) is 5.56 Å². The highest BCUT2D eigenvalue weighted by Gasteiger charge is 2.23. The highest BCUT2D eigenvalue weighted by atomic mass is 35.5. The topological polar surface area (TPSA) is 118 Å². The van der Waals surface area contributed by atoms with Crippen LogP contribution >= 0.6 is 34.5 Å². The molecule has 0 aliphatic carbocycles. The number of aromatic carboxylic acids is 1. The predicted molar refractivity (Wildman–Crippen MR) is 107 cm³/mol. The van der Waals surface area contributed by atoms with Crippen LogP contribution in [0, 0.1) is 0 Å².